The van der Waals surface area contributed by atoms with Gasteiger partial charge in [0.05, 0.1) is 0 Å². The van der Waals surface area contributed by atoms with Crippen LogP contribution in [0.15, 0.2) is 28.4 Å². The molecule has 1 atom stereocenters. The molecule has 0 radical (unpaired) electrons. The van der Waals surface area contributed by atoms with Gasteiger partial charge in [0.25, 0.3) is 0 Å². The highest BCUT2D eigenvalue weighted by Gasteiger charge is 2.06. The molecule has 0 amide bonds. The van der Waals surface area contributed by atoms with Gasteiger partial charge in [0, 0.05) is 25.3 Å². The van der Waals surface area contributed by atoms with E-state index in [1.807, 2.05) is 7.05 Å². The van der Waals surface area contributed by atoms with Gasteiger partial charge in [-0.15, -0.1) is 0 Å². The first kappa shape index (κ1) is 15.0. The molecule has 1 aliphatic heterocycles. The predicted molar refractivity (Wildman–Crippen MR) is 80.1 cm³/mol. The van der Waals surface area contributed by atoms with Gasteiger partial charge in [-0.2, -0.15) is 0 Å². The summed E-state index contributed by atoms with van der Waals surface area (Å²) in [5.41, 5.74) is 2.63. The Morgan fingerprint density at radius 1 is 1.39 bits per heavy atom. The fourth-order valence-electron chi connectivity index (χ4n) is 2.15. The third kappa shape index (κ3) is 5.05. The predicted octanol–water partition coefficient (Wildman–Crippen LogP) is 2.51. The molecule has 0 spiro atoms. The molecular formula is C15H27N3. The van der Waals surface area contributed by atoms with Crippen molar-refractivity contribution in [3.8, 4) is 0 Å². The van der Waals surface area contributed by atoms with Gasteiger partial charge in [-0.1, -0.05) is 13.8 Å². The first-order valence-electron chi connectivity index (χ1n) is 6.93. The van der Waals surface area contributed by atoms with Gasteiger partial charge in [-0.3, -0.25) is 4.99 Å². The van der Waals surface area contributed by atoms with Gasteiger partial charge >= 0.3 is 0 Å². The lowest BCUT2D eigenvalue weighted by Crippen LogP contribution is -2.29. The van der Waals surface area contributed by atoms with Crippen molar-refractivity contribution < 1.29 is 0 Å². The molecule has 0 fully saturated rings. The maximum Gasteiger partial charge on any atom is 0.0404 e. The van der Waals surface area contributed by atoms with Crippen LogP contribution < -0.4 is 10.6 Å². The van der Waals surface area contributed by atoms with Crippen LogP contribution in [0.1, 0.15) is 33.6 Å². The quantitative estimate of drug-likeness (QED) is 0.789. The fourth-order valence-corrected chi connectivity index (χ4v) is 2.15. The molecule has 0 aromatic rings. The van der Waals surface area contributed by atoms with Crippen LogP contribution in [0.3, 0.4) is 0 Å². The van der Waals surface area contributed by atoms with E-state index >= 15 is 0 Å². The molecule has 1 unspecified atom stereocenters. The van der Waals surface area contributed by atoms with Crippen molar-refractivity contribution in [3.05, 3.63) is 23.4 Å². The summed E-state index contributed by atoms with van der Waals surface area (Å²) in [6.07, 6.45) is 8.49. The van der Waals surface area contributed by atoms with Crippen LogP contribution in [0.25, 0.3) is 0 Å². The lowest BCUT2D eigenvalue weighted by atomic mass is 9.99. The maximum atomic E-state index is 4.58. The normalized spacial score (nSPS) is 30.2. The molecule has 1 heterocycles. The van der Waals surface area contributed by atoms with Crippen LogP contribution in [0.2, 0.25) is 0 Å². The molecule has 0 bridgehead atoms. The van der Waals surface area contributed by atoms with Crippen LogP contribution in [0.5, 0.6) is 0 Å². The van der Waals surface area contributed by atoms with Crippen LogP contribution >= 0.6 is 0 Å². The highest BCUT2D eigenvalue weighted by atomic mass is 14.9. The monoisotopic (exact) mass is 249 g/mol. The molecule has 0 aromatic carbocycles. The number of hydrogen-bond acceptors (Lipinski definition) is 3. The molecule has 0 aliphatic carbocycles. The Labute approximate surface area is 111 Å². The summed E-state index contributed by atoms with van der Waals surface area (Å²) in [6, 6.07) is 0.551. The minimum Gasteiger partial charge on any atom is -0.391 e. The van der Waals surface area contributed by atoms with E-state index in [-0.39, 0.29) is 0 Å². The molecule has 1 rings (SSSR count). The van der Waals surface area contributed by atoms with Gasteiger partial charge in [0.2, 0.25) is 0 Å². The molecule has 2 N–H and O–H groups in total. The summed E-state index contributed by atoms with van der Waals surface area (Å²) in [6.45, 7) is 8.50. The third-order valence-corrected chi connectivity index (χ3v) is 3.41. The van der Waals surface area contributed by atoms with E-state index in [1.54, 1.807) is 0 Å². The number of rotatable bonds is 2. The fraction of sp³-hybridized carbons (Fsp3) is 0.667. The van der Waals surface area contributed by atoms with E-state index in [0.717, 1.165) is 25.9 Å². The summed E-state index contributed by atoms with van der Waals surface area (Å²) >= 11 is 0. The minimum absolute atomic E-state index is 0.515. The topological polar surface area (TPSA) is 36.4 Å². The lowest BCUT2D eigenvalue weighted by Gasteiger charge is -2.16. The van der Waals surface area contributed by atoms with Gasteiger partial charge in [0.15, 0.2) is 0 Å². The van der Waals surface area contributed by atoms with Crippen molar-refractivity contribution in [2.45, 2.75) is 39.7 Å². The molecule has 3 nitrogen and oxygen atoms in total. The Morgan fingerprint density at radius 3 is 2.83 bits per heavy atom. The second-order valence-corrected chi connectivity index (χ2v) is 5.18. The average Bonchev–Trinajstić information content (AvgIpc) is 2.33. The van der Waals surface area contributed by atoms with E-state index in [4.69, 9.17) is 0 Å². The van der Waals surface area contributed by atoms with Crippen LogP contribution in [0, 0.1) is 5.92 Å². The van der Waals surface area contributed by atoms with Crippen molar-refractivity contribution in [3.63, 3.8) is 0 Å². The zero-order chi connectivity index (χ0) is 13.4. The molecule has 0 aromatic heterocycles. The number of nitrogens with one attached hydrogen (secondary N) is 2. The Bertz CT molecular complexity index is 327. The Kier molecular flexibility index (Phi) is 6.73. The van der Waals surface area contributed by atoms with E-state index in [9.17, 15) is 0 Å². The molecular weight excluding hydrogens is 222 g/mol. The number of allylic oxidation sites excluding steroid dienone is 3. The summed E-state index contributed by atoms with van der Waals surface area (Å²) in [5, 5.41) is 6.71. The Hall–Kier alpha value is -1.09. The van der Waals surface area contributed by atoms with Crippen LogP contribution in [0.4, 0.5) is 0 Å². The zero-order valence-corrected chi connectivity index (χ0v) is 12.2. The zero-order valence-electron chi connectivity index (χ0n) is 12.2. The van der Waals surface area contributed by atoms with Crippen molar-refractivity contribution in [1.29, 1.82) is 0 Å². The highest BCUT2D eigenvalue weighted by Crippen LogP contribution is 2.14. The molecule has 0 saturated carbocycles. The second-order valence-electron chi connectivity index (χ2n) is 5.18. The average molecular weight is 249 g/mol. The Morgan fingerprint density at radius 2 is 2.17 bits per heavy atom. The van der Waals surface area contributed by atoms with Crippen molar-refractivity contribution in [2.75, 3.05) is 20.1 Å². The third-order valence-electron chi connectivity index (χ3n) is 3.41. The summed E-state index contributed by atoms with van der Waals surface area (Å²) < 4.78 is 0. The van der Waals surface area contributed by atoms with E-state index in [2.05, 4.69) is 54.9 Å². The lowest BCUT2D eigenvalue weighted by molar-refractivity contribution is 0.490. The van der Waals surface area contributed by atoms with Gasteiger partial charge in [-0.05, 0) is 56.2 Å². The molecule has 18 heavy (non-hydrogen) atoms. The van der Waals surface area contributed by atoms with Crippen molar-refractivity contribution in [2.24, 2.45) is 10.9 Å². The van der Waals surface area contributed by atoms with Crippen molar-refractivity contribution in [1.82, 2.24) is 10.6 Å². The smallest absolute Gasteiger partial charge is 0.0404 e. The Balaban J connectivity index is 2.81. The molecule has 0 saturated heterocycles. The standard InChI is InChI=1S/C15H27N3/c1-12(2)15-11-18-10-7-14(16-4)6-9-17-8-5-13(15)3/h5,8,11-12,14,16-17H,6-7,9-10H2,1-4H3/b8-5+,15-13+,18-11-. The van der Waals surface area contributed by atoms with Gasteiger partial charge < -0.3 is 10.6 Å². The number of aliphatic imine (C=N–C) groups is 1. The second kappa shape index (κ2) is 8.09. The molecule has 1 aliphatic rings. The van der Waals surface area contributed by atoms with E-state index < -0.39 is 0 Å². The number of hydrogen-bond donors (Lipinski definition) is 2. The largest absolute Gasteiger partial charge is 0.391 e. The van der Waals surface area contributed by atoms with Crippen molar-refractivity contribution >= 4 is 6.21 Å². The summed E-state index contributed by atoms with van der Waals surface area (Å²) in [5.74, 6) is 0.515. The first-order valence-corrected chi connectivity index (χ1v) is 6.93. The molecule has 3 heteroatoms. The number of nitrogens with zero attached hydrogens (tertiary/aromatic N) is 1. The SMILES string of the molecule is CNC1CC\N=C/C(C(C)C)=C(C)\C=C\NCC1. The van der Waals surface area contributed by atoms with E-state index in [0.29, 0.717) is 12.0 Å². The van der Waals surface area contributed by atoms with Gasteiger partial charge in [0.1, 0.15) is 0 Å². The first-order chi connectivity index (χ1) is 8.65. The summed E-state index contributed by atoms with van der Waals surface area (Å²) in [7, 11) is 2.03. The highest BCUT2D eigenvalue weighted by molar-refractivity contribution is 5.80. The van der Waals surface area contributed by atoms with Gasteiger partial charge in [-0.25, -0.2) is 0 Å². The maximum absolute atomic E-state index is 4.58. The van der Waals surface area contributed by atoms with Crippen LogP contribution in [-0.4, -0.2) is 32.4 Å². The molecule has 102 valence electrons. The summed E-state index contributed by atoms with van der Waals surface area (Å²) in [4.78, 5) is 4.58. The van der Waals surface area contributed by atoms with E-state index in [1.165, 1.54) is 11.1 Å². The minimum atomic E-state index is 0.515. The van der Waals surface area contributed by atoms with Crippen LogP contribution in [-0.2, 0) is 0 Å².